The maximum Gasteiger partial charge on any atom is 0.243 e. The van der Waals surface area contributed by atoms with E-state index in [0.29, 0.717) is 11.2 Å². The third kappa shape index (κ3) is 1.84. The molecule has 0 fully saturated rings. The molecule has 0 bridgehead atoms. The Morgan fingerprint density at radius 3 is 3.07 bits per heavy atom. The number of aromatic nitrogens is 3. The fourth-order valence-electron chi connectivity index (χ4n) is 1.27. The lowest BCUT2D eigenvalue weighted by Crippen LogP contribution is -2.04. The van der Waals surface area contributed by atoms with Gasteiger partial charge >= 0.3 is 0 Å². The van der Waals surface area contributed by atoms with Crippen LogP contribution in [-0.4, -0.2) is 20.5 Å². The Morgan fingerprint density at radius 1 is 1.67 bits per heavy atom. The fourth-order valence-corrected chi connectivity index (χ4v) is 1.44. The molecular formula is C8H8ClN5O. The van der Waals surface area contributed by atoms with Gasteiger partial charge in [-0.05, 0) is 17.7 Å². The summed E-state index contributed by atoms with van der Waals surface area (Å²) < 4.78 is 1.47. The number of rotatable bonds is 1. The van der Waals surface area contributed by atoms with Gasteiger partial charge in [0.1, 0.15) is 5.52 Å². The van der Waals surface area contributed by atoms with E-state index < -0.39 is 0 Å². The highest BCUT2D eigenvalue weighted by Crippen LogP contribution is 2.19. The third-order valence-electron chi connectivity index (χ3n) is 1.79. The van der Waals surface area contributed by atoms with Gasteiger partial charge in [-0.2, -0.15) is 4.98 Å². The molecule has 2 rings (SSSR count). The standard InChI is InChI=1S/C8H8ClN5O/c1-4(15)11-5-2-6-7(10)12-8(9)13-14(6)3-5/h2-3H,1H3,(H,11,15)(H2,10,12,13). The van der Waals surface area contributed by atoms with Gasteiger partial charge in [0, 0.05) is 6.92 Å². The smallest absolute Gasteiger partial charge is 0.243 e. The normalized spacial score (nSPS) is 10.5. The fraction of sp³-hybridized carbons (Fsp3) is 0.125. The van der Waals surface area contributed by atoms with E-state index in [9.17, 15) is 4.79 Å². The molecule has 3 N–H and O–H groups in total. The van der Waals surface area contributed by atoms with Crippen molar-refractivity contribution in [3.05, 3.63) is 17.5 Å². The van der Waals surface area contributed by atoms with Crippen molar-refractivity contribution in [2.45, 2.75) is 6.92 Å². The number of hydrogen-bond donors (Lipinski definition) is 2. The predicted molar refractivity (Wildman–Crippen MR) is 56.7 cm³/mol. The quantitative estimate of drug-likeness (QED) is 0.756. The summed E-state index contributed by atoms with van der Waals surface area (Å²) in [6.45, 7) is 1.42. The van der Waals surface area contributed by atoms with Gasteiger partial charge < -0.3 is 11.1 Å². The number of anilines is 2. The molecule has 7 heteroatoms. The van der Waals surface area contributed by atoms with Crippen LogP contribution >= 0.6 is 11.6 Å². The Kier molecular flexibility index (Phi) is 2.20. The van der Waals surface area contributed by atoms with Crippen LogP contribution < -0.4 is 11.1 Å². The van der Waals surface area contributed by atoms with Crippen LogP contribution in [0.15, 0.2) is 12.3 Å². The van der Waals surface area contributed by atoms with Crippen molar-refractivity contribution in [1.82, 2.24) is 14.6 Å². The van der Waals surface area contributed by atoms with E-state index >= 15 is 0 Å². The van der Waals surface area contributed by atoms with Crippen LogP contribution in [0.2, 0.25) is 5.28 Å². The summed E-state index contributed by atoms with van der Waals surface area (Å²) >= 11 is 5.63. The van der Waals surface area contributed by atoms with Gasteiger partial charge in [0.2, 0.25) is 11.2 Å². The van der Waals surface area contributed by atoms with Gasteiger partial charge in [0.15, 0.2) is 5.82 Å². The summed E-state index contributed by atoms with van der Waals surface area (Å²) in [5.74, 6) is 0.107. The number of amides is 1. The molecule has 6 nitrogen and oxygen atoms in total. The molecule has 0 spiro atoms. The molecule has 0 aliphatic rings. The Hall–Kier alpha value is -1.82. The third-order valence-corrected chi connectivity index (χ3v) is 1.95. The number of carbonyl (C=O) groups is 1. The van der Waals surface area contributed by atoms with Crippen molar-refractivity contribution in [3.8, 4) is 0 Å². The first-order chi connectivity index (χ1) is 7.06. The van der Waals surface area contributed by atoms with E-state index in [1.807, 2.05) is 0 Å². The lowest BCUT2D eigenvalue weighted by Gasteiger charge is -1.96. The molecule has 0 saturated carbocycles. The molecule has 0 radical (unpaired) electrons. The highest BCUT2D eigenvalue weighted by Gasteiger charge is 2.07. The van der Waals surface area contributed by atoms with Crippen molar-refractivity contribution in [2.75, 3.05) is 11.1 Å². The largest absolute Gasteiger partial charge is 0.382 e. The number of hydrogen-bond acceptors (Lipinski definition) is 4. The second kappa shape index (κ2) is 3.39. The number of nitrogens with zero attached hydrogens (tertiary/aromatic N) is 3. The Bertz CT molecular complexity index is 535. The number of nitrogens with two attached hydrogens (primary N) is 1. The molecule has 0 saturated heterocycles. The van der Waals surface area contributed by atoms with Crippen LogP contribution in [0.4, 0.5) is 11.5 Å². The van der Waals surface area contributed by atoms with E-state index in [-0.39, 0.29) is 17.0 Å². The van der Waals surface area contributed by atoms with Crippen molar-refractivity contribution >= 4 is 34.5 Å². The van der Waals surface area contributed by atoms with E-state index in [2.05, 4.69) is 15.4 Å². The maximum atomic E-state index is 10.8. The SMILES string of the molecule is CC(=O)Nc1cc2c(N)nc(Cl)nn2c1. The summed E-state index contributed by atoms with van der Waals surface area (Å²) in [4.78, 5) is 14.6. The van der Waals surface area contributed by atoms with Gasteiger partial charge in [0.05, 0.1) is 11.9 Å². The average molecular weight is 226 g/mol. The second-order valence-electron chi connectivity index (χ2n) is 3.01. The highest BCUT2D eigenvalue weighted by atomic mass is 35.5. The summed E-state index contributed by atoms with van der Waals surface area (Å²) in [7, 11) is 0. The van der Waals surface area contributed by atoms with E-state index in [1.54, 1.807) is 12.3 Å². The monoisotopic (exact) mass is 225 g/mol. The summed E-state index contributed by atoms with van der Waals surface area (Å²) in [5, 5.41) is 6.58. The molecule has 2 heterocycles. The van der Waals surface area contributed by atoms with Gasteiger partial charge in [-0.1, -0.05) is 0 Å². The molecule has 0 unspecified atom stereocenters. The summed E-state index contributed by atoms with van der Waals surface area (Å²) in [6, 6.07) is 1.67. The first-order valence-electron chi connectivity index (χ1n) is 4.15. The van der Waals surface area contributed by atoms with Crippen molar-refractivity contribution in [3.63, 3.8) is 0 Å². The van der Waals surface area contributed by atoms with Crippen molar-refractivity contribution < 1.29 is 4.79 Å². The molecular weight excluding hydrogens is 218 g/mol. The van der Waals surface area contributed by atoms with Gasteiger partial charge in [-0.25, -0.2) is 4.52 Å². The topological polar surface area (TPSA) is 85.3 Å². The number of halogens is 1. The van der Waals surface area contributed by atoms with Gasteiger partial charge in [-0.15, -0.1) is 5.10 Å². The average Bonchev–Trinajstić information content (AvgIpc) is 2.45. The lowest BCUT2D eigenvalue weighted by molar-refractivity contribution is -0.114. The summed E-state index contributed by atoms with van der Waals surface area (Å²) in [6.07, 6.45) is 1.61. The minimum atomic E-state index is -0.163. The molecule has 0 aromatic carbocycles. The molecule has 0 aliphatic carbocycles. The van der Waals surface area contributed by atoms with Crippen molar-refractivity contribution in [1.29, 1.82) is 0 Å². The Balaban J connectivity index is 2.55. The Morgan fingerprint density at radius 2 is 2.40 bits per heavy atom. The second-order valence-corrected chi connectivity index (χ2v) is 3.34. The minimum Gasteiger partial charge on any atom is -0.382 e. The van der Waals surface area contributed by atoms with Crippen LogP contribution in [0, 0.1) is 0 Å². The molecule has 78 valence electrons. The molecule has 2 aromatic heterocycles. The van der Waals surface area contributed by atoms with Crippen LogP contribution in [-0.2, 0) is 4.79 Å². The first kappa shape index (κ1) is 9.72. The number of carbonyl (C=O) groups excluding carboxylic acids is 1. The first-order valence-corrected chi connectivity index (χ1v) is 4.53. The van der Waals surface area contributed by atoms with Crippen LogP contribution in [0.5, 0.6) is 0 Å². The molecule has 0 atom stereocenters. The maximum absolute atomic E-state index is 10.8. The molecule has 1 amide bonds. The molecule has 15 heavy (non-hydrogen) atoms. The number of nitrogen functional groups attached to an aromatic ring is 1. The zero-order chi connectivity index (χ0) is 11.0. The zero-order valence-corrected chi connectivity index (χ0v) is 8.62. The van der Waals surface area contributed by atoms with Crippen LogP contribution in [0.25, 0.3) is 5.52 Å². The van der Waals surface area contributed by atoms with Crippen LogP contribution in [0.1, 0.15) is 6.92 Å². The minimum absolute atomic E-state index is 0.0602. The van der Waals surface area contributed by atoms with Gasteiger partial charge in [-0.3, -0.25) is 4.79 Å². The van der Waals surface area contributed by atoms with Crippen LogP contribution in [0.3, 0.4) is 0 Å². The van der Waals surface area contributed by atoms with E-state index in [1.165, 1.54) is 11.4 Å². The number of fused-ring (bicyclic) bond motifs is 1. The van der Waals surface area contributed by atoms with E-state index in [4.69, 9.17) is 17.3 Å². The molecule has 0 aliphatic heterocycles. The predicted octanol–water partition coefficient (Wildman–Crippen LogP) is 0.923. The van der Waals surface area contributed by atoms with Gasteiger partial charge in [0.25, 0.3) is 0 Å². The lowest BCUT2D eigenvalue weighted by atomic mass is 10.4. The van der Waals surface area contributed by atoms with Crippen molar-refractivity contribution in [2.24, 2.45) is 0 Å². The van der Waals surface area contributed by atoms with E-state index in [0.717, 1.165) is 0 Å². The Labute approximate surface area is 90.0 Å². The molecule has 2 aromatic rings. The highest BCUT2D eigenvalue weighted by molar-refractivity contribution is 6.28. The number of nitrogens with one attached hydrogen (secondary N) is 1. The summed E-state index contributed by atoms with van der Waals surface area (Å²) in [5.41, 5.74) is 6.83. The zero-order valence-electron chi connectivity index (χ0n) is 7.86.